The van der Waals surface area contributed by atoms with Gasteiger partial charge in [-0.05, 0) is 24.6 Å². The molecule has 0 unspecified atom stereocenters. The van der Waals surface area contributed by atoms with E-state index in [4.69, 9.17) is 11.3 Å². The number of pyridine rings is 1. The fourth-order valence-electron chi connectivity index (χ4n) is 3.52. The molecule has 0 bridgehead atoms. The van der Waals surface area contributed by atoms with Crippen molar-refractivity contribution in [1.82, 2.24) is 9.88 Å². The second-order valence-corrected chi connectivity index (χ2v) is 6.54. The molecular formula is C19H23N3O2. The van der Waals surface area contributed by atoms with E-state index in [1.165, 1.54) is 0 Å². The molecule has 2 heterocycles. The maximum Gasteiger partial charge on any atom is 0.251 e. The predicted molar refractivity (Wildman–Crippen MR) is 95.6 cm³/mol. The zero-order valence-corrected chi connectivity index (χ0v) is 14.3. The van der Waals surface area contributed by atoms with Crippen LogP contribution in [0.15, 0.2) is 29.1 Å². The molecule has 1 aliphatic rings. The Balaban J connectivity index is 1.99. The van der Waals surface area contributed by atoms with Crippen molar-refractivity contribution in [2.75, 3.05) is 20.2 Å². The van der Waals surface area contributed by atoms with E-state index < -0.39 is 0 Å². The summed E-state index contributed by atoms with van der Waals surface area (Å²) in [5.74, 6) is 0.739. The lowest BCUT2D eigenvalue weighted by atomic mass is 9.86. The highest BCUT2D eigenvalue weighted by atomic mass is 16.5. The molecule has 1 saturated heterocycles. The van der Waals surface area contributed by atoms with Crippen LogP contribution < -0.4 is 15.6 Å². The Morgan fingerprint density at radius 2 is 2.08 bits per heavy atom. The minimum absolute atomic E-state index is 0.0117. The molecule has 1 aliphatic heterocycles. The molecule has 1 N–H and O–H groups in total. The predicted octanol–water partition coefficient (Wildman–Crippen LogP) is 2.75. The number of methoxy groups -OCH3 is 1. The van der Waals surface area contributed by atoms with Gasteiger partial charge in [0.1, 0.15) is 5.75 Å². The van der Waals surface area contributed by atoms with Crippen LogP contribution in [0.3, 0.4) is 0 Å². The minimum Gasteiger partial charge on any atom is -0.497 e. The lowest BCUT2D eigenvalue weighted by Crippen LogP contribution is -2.40. The molecule has 0 aliphatic carbocycles. The molecule has 1 fully saturated rings. The molecule has 0 atom stereocenters. The molecule has 5 heteroatoms. The summed E-state index contributed by atoms with van der Waals surface area (Å²) < 4.78 is 7.11. The number of fused-ring (bicyclic) bond motifs is 1. The largest absolute Gasteiger partial charge is 0.497 e. The summed E-state index contributed by atoms with van der Waals surface area (Å²) in [5, 5.41) is 4.36. The number of aryl methyl sites for hydroxylation is 2. The number of nitrogens with zero attached hydrogens (tertiary/aromatic N) is 2. The van der Waals surface area contributed by atoms with Crippen LogP contribution in [0.1, 0.15) is 24.8 Å². The van der Waals surface area contributed by atoms with Gasteiger partial charge in [0.2, 0.25) is 5.54 Å². The van der Waals surface area contributed by atoms with E-state index in [1.54, 1.807) is 17.7 Å². The Morgan fingerprint density at radius 1 is 1.33 bits per heavy atom. The Morgan fingerprint density at radius 3 is 2.75 bits per heavy atom. The van der Waals surface area contributed by atoms with E-state index in [9.17, 15) is 4.79 Å². The average Bonchev–Trinajstić information content (AvgIpc) is 2.61. The summed E-state index contributed by atoms with van der Waals surface area (Å²) in [5.41, 5.74) is 1.49. The maximum atomic E-state index is 12.6. The molecule has 0 spiro atoms. The van der Waals surface area contributed by atoms with Crippen LogP contribution in [0.25, 0.3) is 15.7 Å². The zero-order chi connectivity index (χ0) is 17.2. The number of nitrogens with one attached hydrogen (secondary N) is 1. The van der Waals surface area contributed by atoms with Crippen molar-refractivity contribution in [3.63, 3.8) is 0 Å². The molecule has 0 radical (unpaired) electrons. The number of hydrogen-bond acceptors (Lipinski definition) is 3. The SMILES string of the molecule is [C-]#[N+]C1(CCn2c(=O)cc(C)c3ccc(OC)cc32)CCNCC1. The van der Waals surface area contributed by atoms with Gasteiger partial charge in [0, 0.05) is 56.4 Å². The molecule has 2 aromatic rings. The van der Waals surface area contributed by atoms with Gasteiger partial charge in [0.05, 0.1) is 12.6 Å². The lowest BCUT2D eigenvalue weighted by Gasteiger charge is -2.27. The van der Waals surface area contributed by atoms with Crippen molar-refractivity contribution in [2.45, 2.75) is 38.3 Å². The summed E-state index contributed by atoms with van der Waals surface area (Å²) in [6.45, 7) is 11.9. The van der Waals surface area contributed by atoms with E-state index in [2.05, 4.69) is 10.2 Å². The summed E-state index contributed by atoms with van der Waals surface area (Å²) in [7, 11) is 1.63. The first-order chi connectivity index (χ1) is 11.6. The first-order valence-electron chi connectivity index (χ1n) is 8.36. The topological polar surface area (TPSA) is 47.6 Å². The normalized spacial score (nSPS) is 16.7. The monoisotopic (exact) mass is 325 g/mol. The van der Waals surface area contributed by atoms with E-state index in [0.29, 0.717) is 13.0 Å². The first kappa shape index (κ1) is 16.5. The van der Waals surface area contributed by atoms with Crippen LogP contribution in [0.4, 0.5) is 0 Å². The van der Waals surface area contributed by atoms with Crippen molar-refractivity contribution < 1.29 is 4.74 Å². The quantitative estimate of drug-likeness (QED) is 0.879. The second kappa shape index (κ2) is 6.66. The van der Waals surface area contributed by atoms with Crippen LogP contribution in [0.2, 0.25) is 0 Å². The third kappa shape index (κ3) is 3.02. The molecule has 24 heavy (non-hydrogen) atoms. The first-order valence-corrected chi connectivity index (χ1v) is 8.36. The van der Waals surface area contributed by atoms with E-state index in [0.717, 1.165) is 48.1 Å². The summed E-state index contributed by atoms with van der Waals surface area (Å²) in [6.07, 6.45) is 2.39. The fraction of sp³-hybridized carbons (Fsp3) is 0.474. The van der Waals surface area contributed by atoms with Crippen LogP contribution in [0.5, 0.6) is 5.75 Å². The summed E-state index contributed by atoms with van der Waals surface area (Å²) >= 11 is 0. The molecule has 0 amide bonds. The van der Waals surface area contributed by atoms with Gasteiger partial charge in [0.25, 0.3) is 5.56 Å². The Kier molecular flexibility index (Phi) is 4.59. The van der Waals surface area contributed by atoms with Crippen LogP contribution in [-0.4, -0.2) is 30.3 Å². The van der Waals surface area contributed by atoms with Crippen molar-refractivity contribution in [1.29, 1.82) is 0 Å². The van der Waals surface area contributed by atoms with Crippen LogP contribution in [0, 0.1) is 13.5 Å². The Hall–Kier alpha value is -2.32. The van der Waals surface area contributed by atoms with Gasteiger partial charge in [-0.15, -0.1) is 0 Å². The van der Waals surface area contributed by atoms with Crippen molar-refractivity contribution >= 4 is 10.9 Å². The average molecular weight is 325 g/mol. The third-order valence-electron chi connectivity index (χ3n) is 5.10. The maximum absolute atomic E-state index is 12.6. The van der Waals surface area contributed by atoms with Crippen LogP contribution in [-0.2, 0) is 6.54 Å². The summed E-state index contributed by atoms with van der Waals surface area (Å²) in [6, 6.07) is 7.50. The molecule has 1 aromatic carbocycles. The molecule has 126 valence electrons. The molecule has 5 nitrogen and oxygen atoms in total. The number of ether oxygens (including phenoxy) is 1. The van der Waals surface area contributed by atoms with Crippen LogP contribution >= 0.6 is 0 Å². The molecule has 1 aromatic heterocycles. The van der Waals surface area contributed by atoms with Crippen molar-refractivity contribution in [3.05, 3.63) is 51.6 Å². The number of piperidine rings is 1. The van der Waals surface area contributed by atoms with E-state index >= 15 is 0 Å². The number of hydrogen-bond donors (Lipinski definition) is 1. The molecule has 0 saturated carbocycles. The third-order valence-corrected chi connectivity index (χ3v) is 5.10. The van der Waals surface area contributed by atoms with Gasteiger partial charge >= 0.3 is 0 Å². The van der Waals surface area contributed by atoms with Gasteiger partial charge in [-0.3, -0.25) is 4.79 Å². The number of rotatable bonds is 4. The standard InChI is InChI=1S/C19H23N3O2/c1-14-12-18(23)22(17-13-15(24-3)4-5-16(14)17)11-8-19(20-2)6-9-21-10-7-19/h4-5,12-13,21H,6-11H2,1,3H3. The lowest BCUT2D eigenvalue weighted by molar-refractivity contribution is 0.326. The smallest absolute Gasteiger partial charge is 0.251 e. The van der Waals surface area contributed by atoms with Crippen molar-refractivity contribution in [3.8, 4) is 5.75 Å². The Bertz CT molecular complexity index is 842. The van der Waals surface area contributed by atoms with Gasteiger partial charge in [-0.1, -0.05) is 0 Å². The van der Waals surface area contributed by atoms with E-state index in [-0.39, 0.29) is 11.1 Å². The summed E-state index contributed by atoms with van der Waals surface area (Å²) in [4.78, 5) is 16.5. The highest BCUT2D eigenvalue weighted by Crippen LogP contribution is 2.29. The molecular weight excluding hydrogens is 302 g/mol. The highest BCUT2D eigenvalue weighted by Gasteiger charge is 2.37. The molecule has 3 rings (SSSR count). The number of benzene rings is 1. The van der Waals surface area contributed by atoms with E-state index in [1.807, 2.05) is 25.1 Å². The van der Waals surface area contributed by atoms with Gasteiger partial charge < -0.3 is 19.5 Å². The highest BCUT2D eigenvalue weighted by molar-refractivity contribution is 5.83. The van der Waals surface area contributed by atoms with Gasteiger partial charge in [-0.2, -0.15) is 0 Å². The van der Waals surface area contributed by atoms with Gasteiger partial charge in [-0.25, -0.2) is 6.57 Å². The minimum atomic E-state index is -0.346. The second-order valence-electron chi connectivity index (χ2n) is 6.54. The number of aromatic nitrogens is 1. The Labute approximate surface area is 142 Å². The van der Waals surface area contributed by atoms with Crippen molar-refractivity contribution in [2.24, 2.45) is 0 Å². The zero-order valence-electron chi connectivity index (χ0n) is 14.3. The van der Waals surface area contributed by atoms with Gasteiger partial charge in [0.15, 0.2) is 0 Å². The fourth-order valence-corrected chi connectivity index (χ4v) is 3.52.